The molecule has 1 heterocycles. The second-order valence-corrected chi connectivity index (χ2v) is 11.4. The minimum absolute atomic E-state index is 0.0660. The summed E-state index contributed by atoms with van der Waals surface area (Å²) in [7, 11) is -1.77. The number of nitrogens with zero attached hydrogens (tertiary/aromatic N) is 1. The number of rotatable bonds is 11. The Bertz CT molecular complexity index is 1570. The molecule has 10 heteroatoms. The van der Waals surface area contributed by atoms with Gasteiger partial charge in [-0.25, -0.2) is 0 Å². The molecule has 0 spiro atoms. The van der Waals surface area contributed by atoms with Gasteiger partial charge < -0.3 is 30.1 Å². The molecule has 1 aliphatic heterocycles. The summed E-state index contributed by atoms with van der Waals surface area (Å²) in [5.41, 5.74) is 3.10. The van der Waals surface area contributed by atoms with Gasteiger partial charge in [0.05, 0.1) is 30.2 Å². The molecule has 1 aliphatic carbocycles. The minimum atomic E-state index is -1.77. The Morgan fingerprint density at radius 3 is 2.45 bits per heavy atom. The highest BCUT2D eigenvalue weighted by atomic mass is 16.5. The Balaban J connectivity index is 1.45. The molecule has 228 valence electrons. The van der Waals surface area contributed by atoms with Crippen molar-refractivity contribution >= 4 is 36.2 Å². The second-order valence-electron chi connectivity index (χ2n) is 11.4. The zero-order valence-corrected chi connectivity index (χ0v) is 24.4. The van der Waals surface area contributed by atoms with Crippen LogP contribution in [0.1, 0.15) is 31.7 Å². The number of benzene rings is 3. The number of hydrogen-bond donors (Lipinski definition) is 5. The van der Waals surface area contributed by atoms with Crippen molar-refractivity contribution in [1.82, 2.24) is 0 Å². The smallest absolute Gasteiger partial charge is 0.488 e. The Hall–Kier alpha value is -4.22. The van der Waals surface area contributed by atoms with Gasteiger partial charge in [-0.15, -0.1) is 0 Å². The predicted molar refractivity (Wildman–Crippen MR) is 167 cm³/mol. The Labute approximate surface area is 256 Å². The molecule has 1 saturated heterocycles. The highest BCUT2D eigenvalue weighted by Crippen LogP contribution is 2.47. The average Bonchev–Trinajstić information content (AvgIpc) is 3.28. The van der Waals surface area contributed by atoms with Gasteiger partial charge in [0, 0.05) is 11.5 Å². The van der Waals surface area contributed by atoms with E-state index in [0.29, 0.717) is 28.9 Å². The molecule has 0 radical (unpaired) electrons. The van der Waals surface area contributed by atoms with E-state index in [1.165, 1.54) is 18.2 Å². The third-order valence-corrected chi connectivity index (χ3v) is 8.47. The number of carbonyl (C=O) groups excluding carboxylic acids is 2. The molecular formula is C34H36BNO8. The molecule has 4 atom stereocenters. The highest BCUT2D eigenvalue weighted by molar-refractivity contribution is 6.58. The molecule has 3 aromatic carbocycles. The zero-order valence-electron chi connectivity index (χ0n) is 24.4. The van der Waals surface area contributed by atoms with E-state index in [2.05, 4.69) is 0 Å². The van der Waals surface area contributed by atoms with Gasteiger partial charge in [0.15, 0.2) is 0 Å². The first-order chi connectivity index (χ1) is 21.2. The number of phenolic OH excluding ortho intramolecular Hbond substituents is 1. The summed E-state index contributed by atoms with van der Waals surface area (Å²) in [5.74, 6) is -2.71. The number of phenols is 1. The third-order valence-electron chi connectivity index (χ3n) is 8.47. The van der Waals surface area contributed by atoms with Crippen LogP contribution in [0.25, 0.3) is 6.08 Å². The van der Waals surface area contributed by atoms with Crippen LogP contribution in [-0.4, -0.2) is 63.6 Å². The number of anilines is 1. The fourth-order valence-electron chi connectivity index (χ4n) is 6.33. The number of aliphatic hydroxyl groups excluding tert-OH is 2. The largest absolute Gasteiger partial charge is 0.507 e. The maximum absolute atomic E-state index is 13.9. The molecule has 2 aliphatic rings. The molecule has 0 saturated carbocycles. The SMILES string of the molecule is C/C(=C\c1ccccc1O)CC[C@@H](O)C1=C(COc2ccccc2)C[C@H]2C(=O)N(c3cccc(B(O)O)c3)C(=O)[C@H]2[C@H]1CO. The second kappa shape index (κ2) is 13.6. The van der Waals surface area contributed by atoms with Crippen LogP contribution in [0.3, 0.4) is 0 Å². The number of fused-ring (bicyclic) bond motifs is 1. The van der Waals surface area contributed by atoms with Crippen molar-refractivity contribution in [2.75, 3.05) is 18.1 Å². The summed E-state index contributed by atoms with van der Waals surface area (Å²) in [6.45, 7) is 1.51. The number of ether oxygens (including phenoxy) is 1. The molecule has 2 amide bonds. The summed E-state index contributed by atoms with van der Waals surface area (Å²) < 4.78 is 6.05. The summed E-state index contributed by atoms with van der Waals surface area (Å²) in [5, 5.41) is 51.7. The van der Waals surface area contributed by atoms with E-state index < -0.39 is 49.4 Å². The Kier molecular flexibility index (Phi) is 9.66. The molecule has 9 nitrogen and oxygen atoms in total. The van der Waals surface area contributed by atoms with E-state index in [0.717, 1.165) is 10.5 Å². The summed E-state index contributed by atoms with van der Waals surface area (Å²) in [6.07, 6.45) is 1.75. The maximum Gasteiger partial charge on any atom is 0.488 e. The molecule has 1 fully saturated rings. The van der Waals surface area contributed by atoms with Gasteiger partial charge >= 0.3 is 7.12 Å². The van der Waals surface area contributed by atoms with Gasteiger partial charge in [-0.3, -0.25) is 14.5 Å². The lowest BCUT2D eigenvalue weighted by Crippen LogP contribution is -2.40. The lowest BCUT2D eigenvalue weighted by Gasteiger charge is -2.36. The van der Waals surface area contributed by atoms with Crippen LogP contribution >= 0.6 is 0 Å². The number of aliphatic hydroxyl groups is 2. The molecule has 5 rings (SSSR count). The topological polar surface area (TPSA) is 148 Å². The Morgan fingerprint density at radius 2 is 1.75 bits per heavy atom. The van der Waals surface area contributed by atoms with Crippen molar-refractivity contribution < 1.29 is 39.7 Å². The first-order valence-electron chi connectivity index (χ1n) is 14.7. The van der Waals surface area contributed by atoms with Crippen molar-refractivity contribution in [1.29, 1.82) is 0 Å². The van der Waals surface area contributed by atoms with E-state index >= 15 is 0 Å². The number of amides is 2. The van der Waals surface area contributed by atoms with Crippen LogP contribution in [-0.2, 0) is 9.59 Å². The van der Waals surface area contributed by atoms with Crippen LogP contribution < -0.4 is 15.1 Å². The molecule has 3 aromatic rings. The van der Waals surface area contributed by atoms with Crippen LogP contribution in [0, 0.1) is 17.8 Å². The van der Waals surface area contributed by atoms with Crippen molar-refractivity contribution in [3.63, 3.8) is 0 Å². The minimum Gasteiger partial charge on any atom is -0.507 e. The van der Waals surface area contributed by atoms with Crippen LogP contribution in [0.15, 0.2) is 95.6 Å². The molecular weight excluding hydrogens is 561 g/mol. The summed E-state index contributed by atoms with van der Waals surface area (Å²) in [6, 6.07) is 22.0. The van der Waals surface area contributed by atoms with Gasteiger partial charge in [-0.1, -0.05) is 60.2 Å². The molecule has 44 heavy (non-hydrogen) atoms. The monoisotopic (exact) mass is 597 g/mol. The van der Waals surface area contributed by atoms with Gasteiger partial charge in [-0.2, -0.15) is 0 Å². The molecule has 0 bridgehead atoms. The standard InChI is InChI=1S/C34H36BNO8/c1-21(16-22-8-5-6-13-29(22)38)14-15-30(39)31-23(20-44-26-11-3-2-4-12-26)17-27-32(28(31)19-37)34(41)36(33(27)40)25-10-7-9-24(18-25)35(42)43/h2-13,16,18,27-28,30,32,37-39,42-43H,14-15,17,19-20H2,1H3/b21-16+/t27-,28+,30-,32-/m1/s1. The van der Waals surface area contributed by atoms with E-state index in [9.17, 15) is 35.0 Å². The first kappa shape index (κ1) is 31.2. The number of aromatic hydroxyl groups is 1. The van der Waals surface area contributed by atoms with Crippen molar-refractivity contribution in [3.8, 4) is 11.5 Å². The number of allylic oxidation sites excluding steroid dienone is 1. The van der Waals surface area contributed by atoms with E-state index in [1.807, 2.05) is 37.3 Å². The fourth-order valence-corrected chi connectivity index (χ4v) is 6.33. The Morgan fingerprint density at radius 1 is 1.02 bits per heavy atom. The quantitative estimate of drug-likeness (QED) is 0.129. The average molecular weight is 597 g/mol. The number of imide groups is 1. The van der Waals surface area contributed by atoms with Gasteiger partial charge in [0.2, 0.25) is 11.8 Å². The van der Waals surface area contributed by atoms with Crippen LogP contribution in [0.4, 0.5) is 5.69 Å². The van der Waals surface area contributed by atoms with Crippen molar-refractivity contribution in [3.05, 3.63) is 101 Å². The van der Waals surface area contributed by atoms with Crippen molar-refractivity contribution in [2.45, 2.75) is 32.3 Å². The third kappa shape index (κ3) is 6.49. The predicted octanol–water partition coefficient (Wildman–Crippen LogP) is 2.81. The fraction of sp³-hybridized carbons (Fsp3) is 0.294. The molecule has 5 N–H and O–H groups in total. The van der Waals surface area contributed by atoms with Gasteiger partial charge in [0.1, 0.15) is 18.1 Å². The number of para-hydroxylation sites is 2. The summed E-state index contributed by atoms with van der Waals surface area (Å²) >= 11 is 0. The van der Waals surface area contributed by atoms with Crippen LogP contribution in [0.2, 0.25) is 0 Å². The lowest BCUT2D eigenvalue weighted by atomic mass is 9.68. The lowest BCUT2D eigenvalue weighted by molar-refractivity contribution is -0.123. The first-order valence-corrected chi connectivity index (χ1v) is 14.7. The molecule has 0 aromatic heterocycles. The summed E-state index contributed by atoms with van der Waals surface area (Å²) in [4.78, 5) is 28.7. The zero-order chi connectivity index (χ0) is 31.4. The normalized spacial score (nSPS) is 21.0. The van der Waals surface area contributed by atoms with Crippen LogP contribution in [0.5, 0.6) is 11.5 Å². The highest BCUT2D eigenvalue weighted by Gasteiger charge is 2.55. The van der Waals surface area contributed by atoms with E-state index in [1.54, 1.807) is 36.4 Å². The number of carbonyl (C=O) groups is 2. The van der Waals surface area contributed by atoms with Gasteiger partial charge in [-0.05, 0) is 73.1 Å². The number of hydrogen-bond acceptors (Lipinski definition) is 8. The van der Waals surface area contributed by atoms with Crippen molar-refractivity contribution in [2.24, 2.45) is 17.8 Å². The van der Waals surface area contributed by atoms with Gasteiger partial charge in [0.25, 0.3) is 0 Å². The van der Waals surface area contributed by atoms with E-state index in [4.69, 9.17) is 4.74 Å². The maximum atomic E-state index is 13.9. The van der Waals surface area contributed by atoms with E-state index in [-0.39, 0.29) is 36.3 Å². The molecule has 0 unspecified atom stereocenters.